The van der Waals surface area contributed by atoms with Gasteiger partial charge in [-0.05, 0) is 25.1 Å². The molecule has 0 aliphatic carbocycles. The van der Waals surface area contributed by atoms with Gasteiger partial charge in [-0.1, -0.05) is 0 Å². The zero-order chi connectivity index (χ0) is 15.5. The largest absolute Gasteiger partial charge is 0.495 e. The monoisotopic (exact) mass is 327 g/mol. The van der Waals surface area contributed by atoms with Crippen LogP contribution in [0.4, 0.5) is 5.69 Å². The molecule has 0 aliphatic heterocycles. The van der Waals surface area contributed by atoms with E-state index in [-0.39, 0.29) is 10.6 Å². The topological polar surface area (TPSA) is 94.3 Å². The number of nitrogens with one attached hydrogen (secondary N) is 1. The van der Waals surface area contributed by atoms with Crippen molar-refractivity contribution in [1.82, 2.24) is 9.71 Å². The molecule has 1 aromatic carbocycles. The van der Waals surface area contributed by atoms with Crippen LogP contribution in [0, 0.1) is 6.92 Å². The highest BCUT2D eigenvalue weighted by Crippen LogP contribution is 2.24. The quantitative estimate of drug-likeness (QED) is 0.785. The molecule has 2 rings (SSSR count). The van der Waals surface area contributed by atoms with Crippen molar-refractivity contribution < 1.29 is 13.2 Å². The third-order valence-electron chi connectivity index (χ3n) is 2.81. The zero-order valence-corrected chi connectivity index (χ0v) is 13.4. The first-order chi connectivity index (χ1) is 9.92. The lowest BCUT2D eigenvalue weighted by Gasteiger charge is -2.09. The Morgan fingerprint density at radius 3 is 2.76 bits per heavy atom. The summed E-state index contributed by atoms with van der Waals surface area (Å²) in [4.78, 5) is 4.41. The lowest BCUT2D eigenvalue weighted by molar-refractivity contribution is 0.416. The van der Waals surface area contributed by atoms with Crippen LogP contribution in [0.25, 0.3) is 0 Å². The van der Waals surface area contributed by atoms with Crippen molar-refractivity contribution >= 4 is 27.0 Å². The minimum absolute atomic E-state index is 0.121. The van der Waals surface area contributed by atoms with E-state index in [9.17, 15) is 8.42 Å². The van der Waals surface area contributed by atoms with Crippen molar-refractivity contribution in [1.29, 1.82) is 0 Å². The van der Waals surface area contributed by atoms with Crippen molar-refractivity contribution in [3.8, 4) is 5.75 Å². The number of hydrogen-bond donors (Lipinski definition) is 2. The summed E-state index contributed by atoms with van der Waals surface area (Å²) in [5, 5.41) is 2.85. The Kier molecular flexibility index (Phi) is 4.81. The molecule has 1 heterocycles. The Labute approximate surface area is 128 Å². The van der Waals surface area contributed by atoms with E-state index in [1.807, 2.05) is 12.3 Å². The summed E-state index contributed by atoms with van der Waals surface area (Å²) in [7, 11) is -2.10. The van der Waals surface area contributed by atoms with Crippen LogP contribution in [0.1, 0.15) is 10.7 Å². The standard InChI is InChI=1S/C13H17N3O3S2/c1-9-8-20-13(16-9)5-6-15-21(17,18)10-3-4-12(19-2)11(14)7-10/h3-4,7-8,15H,5-6,14H2,1-2H3. The predicted octanol–water partition coefficient (Wildman–Crippen LogP) is 1.56. The van der Waals surface area contributed by atoms with Gasteiger partial charge in [0.15, 0.2) is 0 Å². The molecule has 0 atom stereocenters. The Hall–Kier alpha value is -1.64. The predicted molar refractivity (Wildman–Crippen MR) is 83.1 cm³/mol. The zero-order valence-electron chi connectivity index (χ0n) is 11.8. The summed E-state index contributed by atoms with van der Waals surface area (Å²) in [6.45, 7) is 2.20. The fourth-order valence-electron chi connectivity index (χ4n) is 1.77. The SMILES string of the molecule is COc1ccc(S(=O)(=O)NCCc2nc(C)cs2)cc1N. The number of nitrogens with zero attached hydrogens (tertiary/aromatic N) is 1. The maximum Gasteiger partial charge on any atom is 0.240 e. The molecule has 0 saturated carbocycles. The third kappa shape index (κ3) is 3.93. The van der Waals surface area contributed by atoms with Crippen LogP contribution in [-0.2, 0) is 16.4 Å². The van der Waals surface area contributed by atoms with Gasteiger partial charge < -0.3 is 10.5 Å². The van der Waals surface area contributed by atoms with Crippen molar-refractivity contribution in [3.05, 3.63) is 34.3 Å². The lowest BCUT2D eigenvalue weighted by atomic mass is 10.3. The van der Waals surface area contributed by atoms with E-state index in [0.717, 1.165) is 10.7 Å². The molecule has 0 spiro atoms. The molecule has 0 unspecified atom stereocenters. The molecule has 0 aliphatic rings. The van der Waals surface area contributed by atoms with Crippen molar-refractivity contribution in [2.45, 2.75) is 18.2 Å². The average Bonchev–Trinajstić information content (AvgIpc) is 2.84. The Morgan fingerprint density at radius 2 is 2.19 bits per heavy atom. The fraction of sp³-hybridized carbons (Fsp3) is 0.308. The van der Waals surface area contributed by atoms with Gasteiger partial charge in [-0.3, -0.25) is 0 Å². The number of nitrogens with two attached hydrogens (primary N) is 1. The van der Waals surface area contributed by atoms with E-state index >= 15 is 0 Å². The highest BCUT2D eigenvalue weighted by molar-refractivity contribution is 7.89. The summed E-state index contributed by atoms with van der Waals surface area (Å²) >= 11 is 1.52. The van der Waals surface area contributed by atoms with Crippen LogP contribution in [0.15, 0.2) is 28.5 Å². The van der Waals surface area contributed by atoms with E-state index in [0.29, 0.717) is 18.7 Å². The number of thiazole rings is 1. The van der Waals surface area contributed by atoms with Gasteiger partial charge in [-0.25, -0.2) is 18.1 Å². The minimum Gasteiger partial charge on any atom is -0.495 e. The maximum absolute atomic E-state index is 12.2. The van der Waals surface area contributed by atoms with Crippen molar-refractivity contribution in [2.75, 3.05) is 19.4 Å². The van der Waals surface area contributed by atoms with E-state index in [1.54, 1.807) is 0 Å². The van der Waals surface area contributed by atoms with Crippen molar-refractivity contribution in [2.24, 2.45) is 0 Å². The number of aryl methyl sites for hydroxylation is 1. The first-order valence-electron chi connectivity index (χ1n) is 6.26. The van der Waals surface area contributed by atoms with E-state index in [1.165, 1.54) is 36.6 Å². The molecular weight excluding hydrogens is 310 g/mol. The summed E-state index contributed by atoms with van der Waals surface area (Å²) < 4.78 is 31.9. The van der Waals surface area contributed by atoms with Crippen LogP contribution in [0.2, 0.25) is 0 Å². The average molecular weight is 327 g/mol. The van der Waals surface area contributed by atoms with Gasteiger partial charge >= 0.3 is 0 Å². The van der Waals surface area contributed by atoms with Gasteiger partial charge in [0, 0.05) is 24.0 Å². The molecule has 3 N–H and O–H groups in total. The molecule has 0 bridgehead atoms. The smallest absolute Gasteiger partial charge is 0.240 e. The number of nitrogen functional groups attached to an aromatic ring is 1. The molecular formula is C13H17N3O3S2. The van der Waals surface area contributed by atoms with Gasteiger partial charge in [0.1, 0.15) is 5.75 Å². The number of rotatable bonds is 6. The fourth-order valence-corrected chi connectivity index (χ4v) is 3.62. The van der Waals surface area contributed by atoms with Gasteiger partial charge in [-0.15, -0.1) is 11.3 Å². The first-order valence-corrected chi connectivity index (χ1v) is 8.63. The number of sulfonamides is 1. The number of anilines is 1. The van der Waals surface area contributed by atoms with Crippen molar-refractivity contribution in [3.63, 3.8) is 0 Å². The molecule has 0 amide bonds. The van der Waals surface area contributed by atoms with E-state index in [2.05, 4.69) is 9.71 Å². The summed E-state index contributed by atoms with van der Waals surface area (Å²) in [5.41, 5.74) is 6.96. The van der Waals surface area contributed by atoms with Gasteiger partial charge in [-0.2, -0.15) is 0 Å². The maximum atomic E-state index is 12.2. The summed E-state index contributed by atoms with van der Waals surface area (Å²) in [6.07, 6.45) is 0.559. The Balaban J connectivity index is 2.02. The molecule has 21 heavy (non-hydrogen) atoms. The van der Waals surface area contributed by atoms with Crippen LogP contribution < -0.4 is 15.2 Å². The van der Waals surface area contributed by atoms with Gasteiger partial charge in [0.2, 0.25) is 10.0 Å². The second-order valence-corrected chi connectivity index (χ2v) is 7.14. The minimum atomic E-state index is -3.58. The Bertz CT molecular complexity index is 726. The third-order valence-corrected chi connectivity index (χ3v) is 5.29. The normalized spacial score (nSPS) is 11.5. The molecule has 0 fully saturated rings. The highest BCUT2D eigenvalue weighted by Gasteiger charge is 2.15. The molecule has 2 aromatic rings. The first kappa shape index (κ1) is 15.7. The van der Waals surface area contributed by atoms with Crippen LogP contribution in [-0.4, -0.2) is 27.1 Å². The summed E-state index contributed by atoms with van der Waals surface area (Å²) in [5.74, 6) is 0.451. The number of benzene rings is 1. The second-order valence-electron chi connectivity index (χ2n) is 4.43. The highest BCUT2D eigenvalue weighted by atomic mass is 32.2. The lowest BCUT2D eigenvalue weighted by Crippen LogP contribution is -2.26. The summed E-state index contributed by atoms with van der Waals surface area (Å²) in [6, 6.07) is 4.38. The van der Waals surface area contributed by atoms with Gasteiger partial charge in [0.05, 0.1) is 22.7 Å². The molecule has 0 saturated heterocycles. The van der Waals surface area contributed by atoms with Crippen LogP contribution in [0.3, 0.4) is 0 Å². The van der Waals surface area contributed by atoms with E-state index < -0.39 is 10.0 Å². The second kappa shape index (κ2) is 6.42. The van der Waals surface area contributed by atoms with Gasteiger partial charge in [0.25, 0.3) is 0 Å². The van der Waals surface area contributed by atoms with Crippen LogP contribution in [0.5, 0.6) is 5.75 Å². The number of hydrogen-bond acceptors (Lipinski definition) is 6. The Morgan fingerprint density at radius 1 is 1.43 bits per heavy atom. The number of ether oxygens (including phenoxy) is 1. The molecule has 1 aromatic heterocycles. The molecule has 114 valence electrons. The number of aromatic nitrogens is 1. The van der Waals surface area contributed by atoms with E-state index in [4.69, 9.17) is 10.5 Å². The molecule has 8 heteroatoms. The van der Waals surface area contributed by atoms with Crippen LogP contribution >= 0.6 is 11.3 Å². The number of methoxy groups -OCH3 is 1. The molecule has 0 radical (unpaired) electrons. The molecule has 6 nitrogen and oxygen atoms in total.